The van der Waals surface area contributed by atoms with Gasteiger partial charge >= 0.3 is 12.2 Å². The molecule has 2 aromatic carbocycles. The highest BCUT2D eigenvalue weighted by molar-refractivity contribution is 6.07. The monoisotopic (exact) mass is 560 g/mol. The molecule has 40 heavy (non-hydrogen) atoms. The summed E-state index contributed by atoms with van der Waals surface area (Å²) in [6.45, 7) is 4.82. The number of allylic oxidation sites excluding steroid dienone is 2. The maximum Gasteiger partial charge on any atom is 0.417 e. The third-order valence-corrected chi connectivity index (χ3v) is 6.86. The number of fused-ring (bicyclic) bond motifs is 1. The van der Waals surface area contributed by atoms with Gasteiger partial charge in [0.25, 0.3) is 5.91 Å². The number of nitrogens with zero attached hydrogens (tertiary/aromatic N) is 1. The number of imide groups is 1. The molecule has 0 aliphatic carbocycles. The zero-order valence-electron chi connectivity index (χ0n) is 22.3. The fourth-order valence-electron chi connectivity index (χ4n) is 4.78. The lowest BCUT2D eigenvalue weighted by atomic mass is 9.91. The van der Waals surface area contributed by atoms with Gasteiger partial charge in [0.2, 0.25) is 0 Å². The van der Waals surface area contributed by atoms with Crippen LogP contribution in [0.1, 0.15) is 49.8 Å². The van der Waals surface area contributed by atoms with Gasteiger partial charge in [-0.15, -0.1) is 0 Å². The van der Waals surface area contributed by atoms with Crippen molar-refractivity contribution in [1.29, 1.82) is 0 Å². The van der Waals surface area contributed by atoms with Gasteiger partial charge in [-0.1, -0.05) is 25.5 Å². The highest BCUT2D eigenvalue weighted by atomic mass is 19.4. The summed E-state index contributed by atoms with van der Waals surface area (Å²) in [5.74, 6) is 1.19. The largest absolute Gasteiger partial charge is 0.493 e. The van der Waals surface area contributed by atoms with E-state index in [4.69, 9.17) is 14.2 Å². The molecular formula is C29H31F3N2O6. The molecule has 1 N–H and O–H groups in total. The smallest absolute Gasteiger partial charge is 0.417 e. The molecule has 11 heteroatoms. The maximum atomic E-state index is 13.4. The standard InChI is InChI=1S/C29H31F3N2O6/c1-3-6-20-17-19(22(11-13-35)29(30,31)32)7-9-23(20)38-14-5-4-12-34-26(36)28(2,33-27(34)37)21-8-10-24-25(18-21)40-16-15-39-24/h7-11,13,17-18H,3-6,12,14-16H2,1-2H3,(H,33,37). The molecule has 1 unspecified atom stereocenters. The van der Waals surface area contributed by atoms with Gasteiger partial charge in [0.15, 0.2) is 11.5 Å². The fraction of sp³-hybridized carbons (Fsp3) is 0.414. The topological polar surface area (TPSA) is 94.2 Å². The van der Waals surface area contributed by atoms with Gasteiger partial charge in [-0.3, -0.25) is 14.5 Å². The van der Waals surface area contributed by atoms with Crippen molar-refractivity contribution < 1.29 is 41.8 Å². The number of alkyl halides is 3. The minimum absolute atomic E-state index is 0.102. The van der Waals surface area contributed by atoms with E-state index >= 15 is 0 Å². The summed E-state index contributed by atoms with van der Waals surface area (Å²) >= 11 is 0. The van der Waals surface area contributed by atoms with E-state index in [-0.39, 0.29) is 30.9 Å². The van der Waals surface area contributed by atoms with E-state index in [9.17, 15) is 27.6 Å². The highest BCUT2D eigenvalue weighted by Gasteiger charge is 2.49. The number of carbonyl (C=O) groups is 3. The van der Waals surface area contributed by atoms with Crippen molar-refractivity contribution in [1.82, 2.24) is 10.2 Å². The zero-order valence-corrected chi connectivity index (χ0v) is 22.3. The molecule has 3 amide bonds. The number of halogens is 3. The van der Waals surface area contributed by atoms with E-state index < -0.39 is 23.3 Å². The Kier molecular flexibility index (Phi) is 8.70. The second kappa shape index (κ2) is 12.0. The second-order valence-electron chi connectivity index (χ2n) is 9.71. The lowest BCUT2D eigenvalue weighted by molar-refractivity contribution is -0.131. The first-order valence-electron chi connectivity index (χ1n) is 13.1. The molecule has 0 saturated carbocycles. The van der Waals surface area contributed by atoms with Crippen molar-refractivity contribution in [2.24, 2.45) is 0 Å². The van der Waals surface area contributed by atoms with Crippen LogP contribution in [0.2, 0.25) is 0 Å². The first-order chi connectivity index (χ1) is 19.1. The molecule has 0 radical (unpaired) electrons. The Hall–Kier alpha value is -4.02. The molecule has 1 atom stereocenters. The van der Waals surface area contributed by atoms with Crippen LogP contribution < -0.4 is 19.5 Å². The number of ether oxygens (including phenoxy) is 3. The normalized spacial score (nSPS) is 19.0. The predicted molar refractivity (Wildman–Crippen MR) is 140 cm³/mol. The Balaban J connectivity index is 1.35. The molecule has 4 rings (SSSR count). The Morgan fingerprint density at radius 1 is 1.10 bits per heavy atom. The number of hydrogen-bond donors (Lipinski definition) is 1. The lowest BCUT2D eigenvalue weighted by Gasteiger charge is -2.25. The molecule has 8 nitrogen and oxygen atoms in total. The van der Waals surface area contributed by atoms with Crippen molar-refractivity contribution in [2.45, 2.75) is 51.2 Å². The van der Waals surface area contributed by atoms with Crippen LogP contribution in [0.5, 0.6) is 17.2 Å². The van der Waals surface area contributed by atoms with Gasteiger partial charge in [0, 0.05) is 6.54 Å². The predicted octanol–water partition coefficient (Wildman–Crippen LogP) is 5.18. The van der Waals surface area contributed by atoms with E-state index in [1.807, 2.05) is 6.92 Å². The SMILES string of the molecule is CCCc1cc(C(=CC=O)C(F)(F)F)ccc1OCCCCN1C(=O)NC(C)(c2ccc3c(c2)OCCO3)C1=O. The summed E-state index contributed by atoms with van der Waals surface area (Å²) < 4.78 is 57.1. The first-order valence-corrected chi connectivity index (χ1v) is 13.1. The summed E-state index contributed by atoms with van der Waals surface area (Å²) in [7, 11) is 0. The maximum absolute atomic E-state index is 13.4. The summed E-state index contributed by atoms with van der Waals surface area (Å²) in [4.78, 5) is 37.8. The molecular weight excluding hydrogens is 529 g/mol. The van der Waals surface area contributed by atoms with Crippen molar-refractivity contribution in [3.8, 4) is 17.2 Å². The van der Waals surface area contributed by atoms with Gasteiger partial charge in [0.1, 0.15) is 30.8 Å². The zero-order chi connectivity index (χ0) is 28.9. The molecule has 1 saturated heterocycles. The van der Waals surface area contributed by atoms with E-state index in [1.165, 1.54) is 23.1 Å². The molecule has 214 valence electrons. The number of nitrogens with one attached hydrogen (secondary N) is 1. The number of carbonyl (C=O) groups excluding carboxylic acids is 3. The highest BCUT2D eigenvalue weighted by Crippen LogP contribution is 2.38. The number of unbranched alkanes of at least 4 members (excludes halogenated alkanes) is 1. The Labute approximate surface area is 230 Å². The number of rotatable bonds is 11. The third kappa shape index (κ3) is 6.08. The van der Waals surface area contributed by atoms with Gasteiger partial charge in [-0.25, -0.2) is 4.79 Å². The number of urea groups is 1. The van der Waals surface area contributed by atoms with Crippen LogP contribution in [0.4, 0.5) is 18.0 Å². The van der Waals surface area contributed by atoms with E-state index in [2.05, 4.69) is 5.32 Å². The van der Waals surface area contributed by atoms with Gasteiger partial charge in [-0.05, 0) is 73.2 Å². The average Bonchev–Trinajstić information content (AvgIpc) is 3.15. The quantitative estimate of drug-likeness (QED) is 0.176. The number of aryl methyl sites for hydroxylation is 1. The molecule has 1 fully saturated rings. The summed E-state index contributed by atoms with van der Waals surface area (Å²) in [6, 6.07) is 8.81. The van der Waals surface area contributed by atoms with Crippen molar-refractivity contribution >= 4 is 23.8 Å². The van der Waals surface area contributed by atoms with E-state index in [0.29, 0.717) is 73.3 Å². The van der Waals surface area contributed by atoms with Crippen LogP contribution in [0.25, 0.3) is 5.57 Å². The van der Waals surface area contributed by atoms with E-state index in [1.54, 1.807) is 25.1 Å². The van der Waals surface area contributed by atoms with Crippen LogP contribution in [-0.2, 0) is 21.5 Å². The Bertz CT molecular complexity index is 1310. The minimum Gasteiger partial charge on any atom is -0.493 e. The number of aldehydes is 1. The van der Waals surface area contributed by atoms with Crippen molar-refractivity contribution in [3.63, 3.8) is 0 Å². The van der Waals surface area contributed by atoms with Crippen LogP contribution in [0.15, 0.2) is 42.5 Å². The van der Waals surface area contributed by atoms with Crippen molar-refractivity contribution in [2.75, 3.05) is 26.4 Å². The van der Waals surface area contributed by atoms with Gasteiger partial charge in [0.05, 0.1) is 12.2 Å². The van der Waals surface area contributed by atoms with Crippen LogP contribution in [0.3, 0.4) is 0 Å². The molecule has 0 aromatic heterocycles. The lowest BCUT2D eigenvalue weighted by Crippen LogP contribution is -2.41. The minimum atomic E-state index is -4.66. The Morgan fingerprint density at radius 2 is 1.85 bits per heavy atom. The molecule has 2 aromatic rings. The van der Waals surface area contributed by atoms with Gasteiger partial charge in [-0.2, -0.15) is 13.2 Å². The average molecular weight is 561 g/mol. The third-order valence-electron chi connectivity index (χ3n) is 6.86. The number of amides is 3. The van der Waals surface area contributed by atoms with Crippen LogP contribution in [-0.4, -0.2) is 55.7 Å². The number of benzene rings is 2. The summed E-state index contributed by atoms with van der Waals surface area (Å²) in [5, 5.41) is 2.78. The van der Waals surface area contributed by atoms with Crippen LogP contribution >= 0.6 is 0 Å². The molecule has 0 bridgehead atoms. The molecule has 2 aliphatic heterocycles. The fourth-order valence-corrected chi connectivity index (χ4v) is 4.78. The van der Waals surface area contributed by atoms with Crippen LogP contribution in [0, 0.1) is 0 Å². The second-order valence-corrected chi connectivity index (χ2v) is 9.71. The first kappa shape index (κ1) is 29.0. The summed E-state index contributed by atoms with van der Waals surface area (Å²) in [6.07, 6.45) is -1.87. The summed E-state index contributed by atoms with van der Waals surface area (Å²) in [5.41, 5.74) is -1.17. The molecule has 0 spiro atoms. The van der Waals surface area contributed by atoms with E-state index in [0.717, 1.165) is 0 Å². The molecule has 2 aliphatic rings. The Morgan fingerprint density at radius 3 is 2.55 bits per heavy atom. The van der Waals surface area contributed by atoms with Gasteiger partial charge < -0.3 is 19.5 Å². The molecule has 2 heterocycles. The van der Waals surface area contributed by atoms with Crippen molar-refractivity contribution in [3.05, 3.63) is 59.2 Å². The number of hydrogen-bond acceptors (Lipinski definition) is 6.